The van der Waals surface area contributed by atoms with Crippen molar-refractivity contribution in [1.29, 1.82) is 0 Å². The highest BCUT2D eigenvalue weighted by molar-refractivity contribution is 6.67. The van der Waals surface area contributed by atoms with E-state index in [1.54, 1.807) is 0 Å². The Hall–Kier alpha value is -3.75. The number of hydrogen-bond acceptors (Lipinski definition) is 5. The number of nitrogens with zero attached hydrogens (tertiary/aromatic N) is 5. The molecule has 38 heavy (non-hydrogen) atoms. The Kier molecular flexibility index (Phi) is 5.97. The number of para-hydroxylation sites is 1. The van der Waals surface area contributed by atoms with Crippen molar-refractivity contribution in [2.45, 2.75) is 30.4 Å². The van der Waals surface area contributed by atoms with Crippen LogP contribution in [0.3, 0.4) is 0 Å². The molecule has 1 aliphatic carbocycles. The summed E-state index contributed by atoms with van der Waals surface area (Å²) in [6, 6.07) is 9.59. The Morgan fingerprint density at radius 3 is 2.68 bits per heavy atom. The molecule has 1 aromatic carbocycles. The fourth-order valence-corrected chi connectivity index (χ4v) is 5.12. The summed E-state index contributed by atoms with van der Waals surface area (Å²) in [5.74, 6) is 0.0781. The van der Waals surface area contributed by atoms with Crippen LogP contribution in [0.4, 0.5) is 10.3 Å². The summed E-state index contributed by atoms with van der Waals surface area (Å²) >= 11 is 0. The SMILES string of the molecule is [B]C([B])=C(c1cnn2c(N[C@@H]3CCc4[nH]c5ccccc5c4C3)nc(-c3cncc(F)c3)nc12)C([B])([B])[B]. The van der Waals surface area contributed by atoms with Gasteiger partial charge in [-0.05, 0) is 37.0 Å². The highest BCUT2D eigenvalue weighted by Crippen LogP contribution is 2.37. The van der Waals surface area contributed by atoms with Crippen molar-refractivity contribution >= 4 is 67.3 Å². The van der Waals surface area contributed by atoms with Gasteiger partial charge >= 0.3 is 0 Å². The van der Waals surface area contributed by atoms with E-state index in [2.05, 4.69) is 42.5 Å². The van der Waals surface area contributed by atoms with Gasteiger partial charge in [-0.25, -0.2) is 9.37 Å². The van der Waals surface area contributed by atoms with Gasteiger partial charge in [0.1, 0.15) is 5.82 Å². The molecule has 0 amide bonds. The Labute approximate surface area is 225 Å². The molecule has 13 heteroatoms. The van der Waals surface area contributed by atoms with E-state index in [1.807, 2.05) is 12.1 Å². The molecule has 6 rings (SSSR count). The standard InChI is InChI=1S/C25H17B5FN7/c26-21(27)20(25(28,29)30)17-11-33-38-23(17)36-22(12-7-13(31)10-32-9-12)37-24(38)34-14-5-6-19-16(8-14)15-3-1-2-4-18(15)35-19/h1-4,7,9-11,14,35H,5-6,8H2,(H,34,36,37)/t14-/m1/s1. The first kappa shape index (κ1) is 24.6. The van der Waals surface area contributed by atoms with Gasteiger partial charge in [-0.2, -0.15) is 20.0 Å². The number of aryl methyl sites for hydroxylation is 1. The number of hydrogen-bond donors (Lipinski definition) is 2. The molecule has 0 aliphatic heterocycles. The number of aromatic nitrogens is 6. The number of halogens is 1. The van der Waals surface area contributed by atoms with Crippen molar-refractivity contribution in [2.24, 2.45) is 0 Å². The zero-order chi connectivity index (χ0) is 26.6. The van der Waals surface area contributed by atoms with Crippen LogP contribution in [0.1, 0.15) is 23.2 Å². The van der Waals surface area contributed by atoms with Crippen molar-refractivity contribution in [3.8, 4) is 11.4 Å². The van der Waals surface area contributed by atoms with E-state index in [0.717, 1.165) is 31.0 Å². The van der Waals surface area contributed by atoms with Crippen LogP contribution in [0.5, 0.6) is 0 Å². The molecule has 2 N–H and O–H groups in total. The highest BCUT2D eigenvalue weighted by atomic mass is 19.1. The lowest BCUT2D eigenvalue weighted by atomic mass is 9.37. The zero-order valence-electron chi connectivity index (χ0n) is 20.3. The van der Waals surface area contributed by atoms with E-state index in [0.29, 0.717) is 22.7 Å². The first-order valence-corrected chi connectivity index (χ1v) is 12.0. The minimum atomic E-state index is -1.86. The lowest BCUT2D eigenvalue weighted by molar-refractivity contribution is 0.599. The topological polar surface area (TPSA) is 83.8 Å². The van der Waals surface area contributed by atoms with Gasteiger partial charge in [0.2, 0.25) is 5.95 Å². The molecule has 0 saturated heterocycles. The molecular weight excluding hydrogens is 471 g/mol. The molecule has 10 radical (unpaired) electrons. The largest absolute Gasteiger partial charge is 0.358 e. The normalized spacial score (nSPS) is 15.4. The number of allylic oxidation sites excluding steroid dienone is 1. The average molecular weight is 489 g/mol. The lowest BCUT2D eigenvalue weighted by Crippen LogP contribution is -2.29. The Bertz CT molecular complexity index is 1720. The summed E-state index contributed by atoms with van der Waals surface area (Å²) in [4.78, 5) is 16.8. The summed E-state index contributed by atoms with van der Waals surface area (Å²) in [6.45, 7) is 0. The van der Waals surface area contributed by atoms with Crippen LogP contribution in [-0.2, 0) is 12.8 Å². The number of pyridine rings is 1. The number of fused-ring (bicyclic) bond motifs is 4. The van der Waals surface area contributed by atoms with Gasteiger partial charge in [-0.15, -0.1) is 5.11 Å². The first-order chi connectivity index (χ1) is 18.2. The molecule has 0 unspecified atom stereocenters. The minimum Gasteiger partial charge on any atom is -0.358 e. The third-order valence-electron chi connectivity index (χ3n) is 6.75. The predicted molar refractivity (Wildman–Crippen MR) is 150 cm³/mol. The van der Waals surface area contributed by atoms with E-state index >= 15 is 0 Å². The van der Waals surface area contributed by atoms with Gasteiger partial charge in [0.15, 0.2) is 11.5 Å². The molecule has 0 saturated carbocycles. The predicted octanol–water partition coefficient (Wildman–Crippen LogP) is 2.36. The van der Waals surface area contributed by atoms with Gasteiger partial charge in [0.05, 0.1) is 51.6 Å². The maximum Gasteiger partial charge on any atom is 0.228 e. The Morgan fingerprint density at radius 1 is 1.11 bits per heavy atom. The van der Waals surface area contributed by atoms with Crippen molar-refractivity contribution in [1.82, 2.24) is 29.5 Å². The van der Waals surface area contributed by atoms with Crippen molar-refractivity contribution in [2.75, 3.05) is 5.32 Å². The number of H-pyrrole nitrogens is 1. The van der Waals surface area contributed by atoms with Crippen molar-refractivity contribution in [3.05, 3.63) is 76.9 Å². The summed E-state index contributed by atoms with van der Waals surface area (Å²) in [7, 11) is 29.7. The number of nitrogens with one attached hydrogen (secondary N) is 2. The first-order valence-electron chi connectivity index (χ1n) is 12.0. The van der Waals surface area contributed by atoms with Crippen LogP contribution in [0, 0.1) is 5.82 Å². The van der Waals surface area contributed by atoms with Crippen LogP contribution >= 0.6 is 0 Å². The molecule has 0 spiro atoms. The number of aromatic amines is 1. The zero-order valence-corrected chi connectivity index (χ0v) is 20.3. The third-order valence-corrected chi connectivity index (χ3v) is 6.75. The lowest BCUT2D eigenvalue weighted by Gasteiger charge is -2.27. The number of anilines is 1. The molecular formula is C25H17B5FN7. The maximum atomic E-state index is 14.0. The molecule has 174 valence electrons. The van der Waals surface area contributed by atoms with Gasteiger partial charge < -0.3 is 10.3 Å². The van der Waals surface area contributed by atoms with E-state index in [9.17, 15) is 4.39 Å². The summed E-state index contributed by atoms with van der Waals surface area (Å²) < 4.78 is 15.5. The second-order valence-electron chi connectivity index (χ2n) is 9.53. The highest BCUT2D eigenvalue weighted by Gasteiger charge is 2.27. The van der Waals surface area contributed by atoms with Crippen LogP contribution < -0.4 is 5.32 Å². The van der Waals surface area contributed by atoms with Crippen LogP contribution in [0.15, 0.2) is 54.3 Å². The second kappa shape index (κ2) is 9.22. The Balaban J connectivity index is 1.47. The minimum absolute atomic E-state index is 0.0400. The van der Waals surface area contributed by atoms with Gasteiger partial charge in [-0.1, -0.05) is 23.8 Å². The van der Waals surface area contributed by atoms with E-state index in [-0.39, 0.29) is 22.8 Å². The Morgan fingerprint density at radius 2 is 1.92 bits per heavy atom. The molecule has 0 bridgehead atoms. The number of benzene rings is 1. The van der Waals surface area contributed by atoms with E-state index in [1.165, 1.54) is 39.6 Å². The second-order valence-corrected chi connectivity index (χ2v) is 9.53. The molecule has 5 aromatic rings. The van der Waals surface area contributed by atoms with Gasteiger partial charge in [-0.3, -0.25) is 4.98 Å². The molecule has 4 heterocycles. The summed E-state index contributed by atoms with van der Waals surface area (Å²) in [5, 5.41) is 7.14. The average Bonchev–Trinajstić information content (AvgIpc) is 3.44. The van der Waals surface area contributed by atoms with Crippen LogP contribution in [0.25, 0.3) is 33.5 Å². The quantitative estimate of drug-likeness (QED) is 0.371. The summed E-state index contributed by atoms with van der Waals surface area (Å²) in [6.07, 6.45) is 6.54. The van der Waals surface area contributed by atoms with Crippen molar-refractivity contribution in [3.63, 3.8) is 0 Å². The maximum absolute atomic E-state index is 14.0. The fraction of sp³-hybridized carbons (Fsp3) is 0.200. The van der Waals surface area contributed by atoms with Crippen molar-refractivity contribution < 1.29 is 4.39 Å². The van der Waals surface area contributed by atoms with Gasteiger partial charge in [0.25, 0.3) is 0 Å². The molecule has 1 aliphatic rings. The molecule has 1 atom stereocenters. The molecule has 4 aromatic heterocycles. The fourth-order valence-electron chi connectivity index (χ4n) is 5.12. The van der Waals surface area contributed by atoms with Crippen LogP contribution in [-0.4, -0.2) is 74.8 Å². The molecule has 0 fully saturated rings. The monoisotopic (exact) mass is 489 g/mol. The van der Waals surface area contributed by atoms with Crippen LogP contribution in [0.2, 0.25) is 5.11 Å². The smallest absolute Gasteiger partial charge is 0.228 e. The van der Waals surface area contributed by atoms with E-state index in [4.69, 9.17) is 39.2 Å². The third kappa shape index (κ3) is 4.33. The number of rotatable bonds is 5. The van der Waals surface area contributed by atoms with E-state index < -0.39 is 10.9 Å². The molecule has 7 nitrogen and oxygen atoms in total. The van der Waals surface area contributed by atoms with Gasteiger partial charge in [0, 0.05) is 40.0 Å². The summed E-state index contributed by atoms with van der Waals surface area (Å²) in [5.41, 5.74) is 4.69.